The van der Waals surface area contributed by atoms with Gasteiger partial charge in [-0.3, -0.25) is 4.79 Å². The molecule has 0 bridgehead atoms. The van der Waals surface area contributed by atoms with E-state index in [-0.39, 0.29) is 11.4 Å². The van der Waals surface area contributed by atoms with Crippen molar-refractivity contribution in [3.63, 3.8) is 0 Å². The summed E-state index contributed by atoms with van der Waals surface area (Å²) in [7, 11) is 0. The molecule has 0 aromatic heterocycles. The molecule has 1 amide bonds. The van der Waals surface area contributed by atoms with Gasteiger partial charge in [0.05, 0.1) is 0 Å². The van der Waals surface area contributed by atoms with Gasteiger partial charge in [-0.1, -0.05) is 29.8 Å². The van der Waals surface area contributed by atoms with Gasteiger partial charge in [-0.05, 0) is 39.3 Å². The minimum absolute atomic E-state index is 0.0611. The Labute approximate surface area is 97.4 Å². The minimum atomic E-state index is -0.186. The lowest BCUT2D eigenvalue weighted by Gasteiger charge is -2.18. The number of benzene rings is 1. The fourth-order valence-corrected chi connectivity index (χ4v) is 1.36. The van der Waals surface area contributed by atoms with Crippen molar-refractivity contribution in [2.45, 2.75) is 33.2 Å². The highest BCUT2D eigenvalue weighted by molar-refractivity contribution is 5.92. The molecule has 0 heterocycles. The Morgan fingerprint density at radius 3 is 2.56 bits per heavy atom. The van der Waals surface area contributed by atoms with E-state index < -0.39 is 0 Å². The Hall–Kier alpha value is -1.57. The monoisotopic (exact) mass is 217 g/mol. The first kappa shape index (κ1) is 12.5. The smallest absolute Gasteiger partial charge is 0.244 e. The van der Waals surface area contributed by atoms with Gasteiger partial charge in [0.1, 0.15) is 0 Å². The van der Waals surface area contributed by atoms with Crippen LogP contribution in [0.15, 0.2) is 30.3 Å². The molecule has 0 radical (unpaired) electrons. The summed E-state index contributed by atoms with van der Waals surface area (Å²) in [4.78, 5) is 11.5. The lowest BCUT2D eigenvalue weighted by molar-refractivity contribution is -0.117. The van der Waals surface area contributed by atoms with Crippen LogP contribution in [0.25, 0.3) is 6.08 Å². The molecule has 0 saturated heterocycles. The van der Waals surface area contributed by atoms with Gasteiger partial charge in [0.2, 0.25) is 5.91 Å². The van der Waals surface area contributed by atoms with Gasteiger partial charge < -0.3 is 5.32 Å². The van der Waals surface area contributed by atoms with Crippen molar-refractivity contribution in [2.75, 3.05) is 0 Å². The highest BCUT2D eigenvalue weighted by Crippen LogP contribution is 2.06. The predicted octanol–water partition coefficient (Wildman–Crippen LogP) is 2.92. The fourth-order valence-electron chi connectivity index (χ4n) is 1.36. The molecule has 16 heavy (non-hydrogen) atoms. The van der Waals surface area contributed by atoms with Crippen LogP contribution in [0.4, 0.5) is 0 Å². The Bertz CT molecular complexity index is 399. The van der Waals surface area contributed by atoms with Gasteiger partial charge in [-0.25, -0.2) is 0 Å². The van der Waals surface area contributed by atoms with Crippen LogP contribution in [0.5, 0.6) is 0 Å². The van der Waals surface area contributed by atoms with Gasteiger partial charge >= 0.3 is 0 Å². The van der Waals surface area contributed by atoms with E-state index >= 15 is 0 Å². The molecular formula is C14H19NO. The molecule has 1 aromatic rings. The molecule has 86 valence electrons. The Morgan fingerprint density at radius 2 is 2.00 bits per heavy atom. The van der Waals surface area contributed by atoms with E-state index in [1.807, 2.05) is 58.0 Å². The summed E-state index contributed by atoms with van der Waals surface area (Å²) >= 11 is 0. The largest absolute Gasteiger partial charge is 0.348 e. The van der Waals surface area contributed by atoms with Crippen molar-refractivity contribution in [3.05, 3.63) is 41.5 Å². The molecule has 2 heteroatoms. The standard InChI is InChI=1S/C14H19NO/c1-11-6-5-7-12(10-11)8-9-13(16)15-14(2,3)4/h5-10H,1-4H3,(H,15,16)/b9-8+. The molecule has 0 atom stereocenters. The summed E-state index contributed by atoms with van der Waals surface area (Å²) in [6.45, 7) is 7.93. The SMILES string of the molecule is Cc1cccc(/C=C/C(=O)NC(C)(C)C)c1. The van der Waals surface area contributed by atoms with Crippen molar-refractivity contribution in [3.8, 4) is 0 Å². The number of hydrogen-bond donors (Lipinski definition) is 1. The zero-order valence-electron chi connectivity index (χ0n) is 10.4. The fraction of sp³-hybridized carbons (Fsp3) is 0.357. The molecular weight excluding hydrogens is 198 g/mol. The summed E-state index contributed by atoms with van der Waals surface area (Å²) in [5.41, 5.74) is 2.05. The maximum atomic E-state index is 11.5. The van der Waals surface area contributed by atoms with Crippen LogP contribution in [-0.2, 0) is 4.79 Å². The lowest BCUT2D eigenvalue weighted by Crippen LogP contribution is -2.39. The van der Waals surface area contributed by atoms with Gasteiger partial charge in [0.15, 0.2) is 0 Å². The van der Waals surface area contributed by atoms with E-state index in [2.05, 4.69) is 5.32 Å². The summed E-state index contributed by atoms with van der Waals surface area (Å²) in [5.74, 6) is -0.0611. The van der Waals surface area contributed by atoms with Crippen LogP contribution in [0, 0.1) is 6.92 Å². The summed E-state index contributed by atoms with van der Waals surface area (Å²) in [6, 6.07) is 8.04. The molecule has 0 aliphatic heterocycles. The van der Waals surface area contributed by atoms with Crippen LogP contribution >= 0.6 is 0 Å². The molecule has 1 rings (SSSR count). The number of nitrogens with one attached hydrogen (secondary N) is 1. The van der Waals surface area contributed by atoms with Crippen LogP contribution in [0.3, 0.4) is 0 Å². The van der Waals surface area contributed by atoms with Crippen LogP contribution in [-0.4, -0.2) is 11.4 Å². The average molecular weight is 217 g/mol. The number of amides is 1. The van der Waals surface area contributed by atoms with Crippen molar-refractivity contribution in [2.24, 2.45) is 0 Å². The maximum absolute atomic E-state index is 11.5. The van der Waals surface area contributed by atoms with Gasteiger partial charge in [-0.15, -0.1) is 0 Å². The second kappa shape index (κ2) is 4.97. The highest BCUT2D eigenvalue weighted by Gasteiger charge is 2.10. The molecule has 2 nitrogen and oxygen atoms in total. The Balaban J connectivity index is 2.64. The first-order valence-corrected chi connectivity index (χ1v) is 5.44. The first-order chi connectivity index (χ1) is 7.37. The quantitative estimate of drug-likeness (QED) is 0.758. The Morgan fingerprint density at radius 1 is 1.31 bits per heavy atom. The van der Waals surface area contributed by atoms with Gasteiger partial charge in [-0.2, -0.15) is 0 Å². The van der Waals surface area contributed by atoms with Gasteiger partial charge in [0.25, 0.3) is 0 Å². The van der Waals surface area contributed by atoms with E-state index in [4.69, 9.17) is 0 Å². The van der Waals surface area contributed by atoms with Crippen LogP contribution < -0.4 is 5.32 Å². The number of carbonyl (C=O) groups excluding carboxylic acids is 1. The zero-order chi connectivity index (χ0) is 12.2. The maximum Gasteiger partial charge on any atom is 0.244 e. The summed E-state index contributed by atoms with van der Waals surface area (Å²) < 4.78 is 0. The van der Waals surface area contributed by atoms with Crippen LogP contribution in [0.2, 0.25) is 0 Å². The lowest BCUT2D eigenvalue weighted by atomic mass is 10.1. The first-order valence-electron chi connectivity index (χ1n) is 5.44. The molecule has 0 spiro atoms. The van der Waals surface area contributed by atoms with Crippen molar-refractivity contribution >= 4 is 12.0 Å². The molecule has 1 aromatic carbocycles. The molecule has 0 aliphatic carbocycles. The number of aryl methyl sites for hydroxylation is 1. The van der Waals surface area contributed by atoms with E-state index in [9.17, 15) is 4.79 Å². The summed E-state index contributed by atoms with van der Waals surface area (Å²) in [6.07, 6.45) is 3.40. The molecule has 0 aliphatic rings. The van der Waals surface area contributed by atoms with E-state index in [1.165, 1.54) is 5.56 Å². The Kier molecular flexibility index (Phi) is 3.88. The molecule has 0 unspecified atom stereocenters. The highest BCUT2D eigenvalue weighted by atomic mass is 16.1. The molecule has 0 saturated carbocycles. The minimum Gasteiger partial charge on any atom is -0.348 e. The zero-order valence-corrected chi connectivity index (χ0v) is 10.4. The molecule has 1 N–H and O–H groups in total. The second-order valence-electron chi connectivity index (χ2n) is 4.99. The van der Waals surface area contributed by atoms with E-state index in [1.54, 1.807) is 6.08 Å². The predicted molar refractivity (Wildman–Crippen MR) is 68.1 cm³/mol. The average Bonchev–Trinajstić information content (AvgIpc) is 2.12. The second-order valence-corrected chi connectivity index (χ2v) is 4.99. The van der Waals surface area contributed by atoms with Crippen molar-refractivity contribution in [1.82, 2.24) is 5.32 Å². The topological polar surface area (TPSA) is 29.1 Å². The van der Waals surface area contributed by atoms with Crippen molar-refractivity contribution in [1.29, 1.82) is 0 Å². The van der Waals surface area contributed by atoms with Crippen molar-refractivity contribution < 1.29 is 4.79 Å². The summed E-state index contributed by atoms with van der Waals surface area (Å²) in [5, 5.41) is 2.88. The third-order valence-corrected chi connectivity index (χ3v) is 1.97. The van der Waals surface area contributed by atoms with Gasteiger partial charge in [0, 0.05) is 11.6 Å². The third-order valence-electron chi connectivity index (χ3n) is 1.97. The number of rotatable bonds is 2. The van der Waals surface area contributed by atoms with E-state index in [0.29, 0.717) is 0 Å². The van der Waals surface area contributed by atoms with E-state index in [0.717, 1.165) is 5.56 Å². The number of carbonyl (C=O) groups is 1. The van der Waals surface area contributed by atoms with Crippen LogP contribution in [0.1, 0.15) is 31.9 Å². The number of hydrogen-bond acceptors (Lipinski definition) is 1. The molecule has 0 fully saturated rings. The third kappa shape index (κ3) is 4.78. The normalized spacial score (nSPS) is 11.8.